The van der Waals surface area contributed by atoms with Crippen LogP contribution in [0.3, 0.4) is 0 Å². The topological polar surface area (TPSA) is 116 Å². The molecule has 27 heavy (non-hydrogen) atoms. The standard InChI is InChI=1S/C18H17ClN4O4/c19-11-6-8-13(9-7-11)21-22-15-16(18(26)27-17(15)14(25)10-24)23-20-12-4-2-1-3-5-12/h1-9,14,17,20-21,24-25H,10H2/b22-15-,23-16-. The second-order valence-corrected chi connectivity index (χ2v) is 6.07. The SMILES string of the molecule is O=C1OC(C(O)CO)C(=N\Nc2ccc(Cl)cc2)/C1=N/Nc1ccccc1. The molecule has 0 saturated carbocycles. The van der Waals surface area contributed by atoms with Gasteiger partial charge < -0.3 is 14.9 Å². The van der Waals surface area contributed by atoms with Crippen molar-refractivity contribution in [3.8, 4) is 0 Å². The Morgan fingerprint density at radius 1 is 1.04 bits per heavy atom. The Labute approximate surface area is 160 Å². The molecule has 4 N–H and O–H groups in total. The Hall–Kier alpha value is -2.94. The van der Waals surface area contributed by atoms with E-state index >= 15 is 0 Å². The van der Waals surface area contributed by atoms with Crippen LogP contribution >= 0.6 is 11.6 Å². The summed E-state index contributed by atoms with van der Waals surface area (Å²) in [7, 11) is 0. The average molecular weight is 389 g/mol. The second kappa shape index (κ2) is 8.63. The van der Waals surface area contributed by atoms with Crippen LogP contribution in [-0.4, -0.2) is 46.4 Å². The smallest absolute Gasteiger partial charge is 0.361 e. The van der Waals surface area contributed by atoms with E-state index < -0.39 is 24.8 Å². The first kappa shape index (κ1) is 18.8. The van der Waals surface area contributed by atoms with E-state index in [0.717, 1.165) is 0 Å². The van der Waals surface area contributed by atoms with Crippen LogP contribution in [0.2, 0.25) is 5.02 Å². The molecule has 1 aliphatic heterocycles. The summed E-state index contributed by atoms with van der Waals surface area (Å²) in [5, 5.41) is 28.0. The molecule has 0 amide bonds. The number of para-hydroxylation sites is 1. The number of halogens is 1. The van der Waals surface area contributed by atoms with E-state index in [1.54, 1.807) is 36.4 Å². The number of rotatable bonds is 6. The molecule has 0 radical (unpaired) electrons. The number of hydrogen-bond donors (Lipinski definition) is 4. The molecule has 2 atom stereocenters. The van der Waals surface area contributed by atoms with E-state index in [0.29, 0.717) is 16.4 Å². The van der Waals surface area contributed by atoms with Crippen LogP contribution in [0, 0.1) is 0 Å². The highest BCUT2D eigenvalue weighted by Gasteiger charge is 2.42. The maximum atomic E-state index is 12.2. The van der Waals surface area contributed by atoms with Crippen LogP contribution in [0.5, 0.6) is 0 Å². The Bertz CT molecular complexity index is 855. The van der Waals surface area contributed by atoms with Crippen LogP contribution in [0.25, 0.3) is 0 Å². The fourth-order valence-corrected chi connectivity index (χ4v) is 2.45. The van der Waals surface area contributed by atoms with Crippen molar-refractivity contribution in [2.45, 2.75) is 12.2 Å². The fourth-order valence-electron chi connectivity index (χ4n) is 2.32. The Kier molecular flexibility index (Phi) is 6.02. The number of esters is 1. The Morgan fingerprint density at radius 3 is 2.33 bits per heavy atom. The molecular weight excluding hydrogens is 372 g/mol. The molecule has 8 nitrogen and oxygen atoms in total. The molecule has 9 heteroatoms. The third kappa shape index (κ3) is 4.62. The van der Waals surface area contributed by atoms with E-state index in [-0.39, 0.29) is 11.4 Å². The summed E-state index contributed by atoms with van der Waals surface area (Å²) in [5.41, 5.74) is 6.76. The molecule has 140 valence electrons. The van der Waals surface area contributed by atoms with Crippen LogP contribution < -0.4 is 10.9 Å². The number of cyclic esters (lactones) is 1. The summed E-state index contributed by atoms with van der Waals surface area (Å²) in [6.45, 7) is -0.600. The van der Waals surface area contributed by atoms with Crippen molar-refractivity contribution in [3.05, 3.63) is 59.6 Å². The second-order valence-electron chi connectivity index (χ2n) is 5.63. The van der Waals surface area contributed by atoms with E-state index in [2.05, 4.69) is 21.1 Å². The van der Waals surface area contributed by atoms with Crippen molar-refractivity contribution in [1.29, 1.82) is 0 Å². The molecule has 0 aliphatic carbocycles. The number of hydrogen-bond acceptors (Lipinski definition) is 8. The van der Waals surface area contributed by atoms with Gasteiger partial charge in [0.15, 0.2) is 11.8 Å². The van der Waals surface area contributed by atoms with Crippen LogP contribution in [0.4, 0.5) is 11.4 Å². The number of nitrogens with zero attached hydrogens (tertiary/aromatic N) is 2. The summed E-state index contributed by atoms with van der Waals surface area (Å²) in [6, 6.07) is 15.7. The minimum atomic E-state index is -1.33. The Morgan fingerprint density at radius 2 is 1.67 bits per heavy atom. The monoisotopic (exact) mass is 388 g/mol. The van der Waals surface area contributed by atoms with Gasteiger partial charge in [-0.15, -0.1) is 0 Å². The molecule has 2 aromatic rings. The van der Waals surface area contributed by atoms with Gasteiger partial charge in [-0.25, -0.2) is 4.79 Å². The zero-order valence-corrected chi connectivity index (χ0v) is 14.8. The lowest BCUT2D eigenvalue weighted by Gasteiger charge is -2.14. The van der Waals surface area contributed by atoms with Crippen molar-refractivity contribution in [2.75, 3.05) is 17.5 Å². The van der Waals surface area contributed by atoms with Gasteiger partial charge in [-0.2, -0.15) is 10.2 Å². The lowest BCUT2D eigenvalue weighted by Crippen LogP contribution is -2.36. The predicted molar refractivity (Wildman–Crippen MR) is 103 cm³/mol. The summed E-state index contributed by atoms with van der Waals surface area (Å²) in [5.74, 6) is -0.757. The predicted octanol–water partition coefficient (Wildman–Crippen LogP) is 1.85. The molecule has 1 saturated heterocycles. The van der Waals surface area contributed by atoms with E-state index in [1.165, 1.54) is 0 Å². The normalized spacial score (nSPS) is 20.6. The summed E-state index contributed by atoms with van der Waals surface area (Å²) in [6.07, 6.45) is -2.47. The van der Waals surface area contributed by atoms with E-state index in [4.69, 9.17) is 16.3 Å². The number of carbonyl (C=O) groups is 1. The molecule has 2 unspecified atom stereocenters. The van der Waals surface area contributed by atoms with Gasteiger partial charge >= 0.3 is 5.97 Å². The maximum absolute atomic E-state index is 12.2. The number of aliphatic hydroxyl groups is 2. The van der Waals surface area contributed by atoms with Crippen molar-refractivity contribution >= 4 is 40.4 Å². The highest BCUT2D eigenvalue weighted by atomic mass is 35.5. The number of aliphatic hydroxyl groups excluding tert-OH is 2. The van der Waals surface area contributed by atoms with Crippen molar-refractivity contribution in [3.63, 3.8) is 0 Å². The summed E-state index contributed by atoms with van der Waals surface area (Å²) in [4.78, 5) is 12.2. The minimum Gasteiger partial charge on any atom is -0.448 e. The van der Waals surface area contributed by atoms with Gasteiger partial charge in [0.1, 0.15) is 11.8 Å². The first-order chi connectivity index (χ1) is 13.1. The molecule has 0 bridgehead atoms. The van der Waals surface area contributed by atoms with Gasteiger partial charge in [0.25, 0.3) is 0 Å². The van der Waals surface area contributed by atoms with Crippen LogP contribution in [0.15, 0.2) is 64.8 Å². The molecular formula is C18H17ClN4O4. The molecule has 2 aromatic carbocycles. The Balaban J connectivity index is 1.87. The first-order valence-corrected chi connectivity index (χ1v) is 8.44. The van der Waals surface area contributed by atoms with E-state index in [1.807, 2.05) is 18.2 Å². The molecule has 1 fully saturated rings. The number of hydrazone groups is 2. The quantitative estimate of drug-likeness (QED) is 0.443. The number of ether oxygens (including phenoxy) is 1. The van der Waals surface area contributed by atoms with E-state index in [9.17, 15) is 15.0 Å². The van der Waals surface area contributed by atoms with Gasteiger partial charge in [0.2, 0.25) is 0 Å². The summed E-state index contributed by atoms with van der Waals surface area (Å²) < 4.78 is 5.12. The largest absolute Gasteiger partial charge is 0.448 e. The van der Waals surface area contributed by atoms with Gasteiger partial charge in [0, 0.05) is 5.02 Å². The zero-order valence-electron chi connectivity index (χ0n) is 14.0. The lowest BCUT2D eigenvalue weighted by molar-refractivity contribution is -0.140. The van der Waals surface area contributed by atoms with Gasteiger partial charge in [-0.05, 0) is 36.4 Å². The van der Waals surface area contributed by atoms with Gasteiger partial charge in [-0.1, -0.05) is 29.8 Å². The molecule has 0 spiro atoms. The third-order valence-electron chi connectivity index (χ3n) is 3.70. The van der Waals surface area contributed by atoms with Crippen molar-refractivity contribution in [1.82, 2.24) is 0 Å². The highest BCUT2D eigenvalue weighted by Crippen LogP contribution is 2.17. The lowest BCUT2D eigenvalue weighted by atomic mass is 10.1. The van der Waals surface area contributed by atoms with Crippen molar-refractivity contribution < 1.29 is 19.7 Å². The van der Waals surface area contributed by atoms with Crippen LogP contribution in [0.1, 0.15) is 0 Å². The summed E-state index contributed by atoms with van der Waals surface area (Å²) >= 11 is 5.85. The van der Waals surface area contributed by atoms with Gasteiger partial charge in [-0.3, -0.25) is 10.9 Å². The molecule has 1 heterocycles. The van der Waals surface area contributed by atoms with Crippen molar-refractivity contribution in [2.24, 2.45) is 10.2 Å². The average Bonchev–Trinajstić information content (AvgIpc) is 3.01. The number of carbonyl (C=O) groups excluding carboxylic acids is 1. The third-order valence-corrected chi connectivity index (χ3v) is 3.95. The fraction of sp³-hybridized carbons (Fsp3) is 0.167. The zero-order chi connectivity index (χ0) is 19.2. The highest BCUT2D eigenvalue weighted by molar-refractivity contribution is 6.69. The number of nitrogens with one attached hydrogen (secondary N) is 2. The van der Waals surface area contributed by atoms with Gasteiger partial charge in [0.05, 0.1) is 18.0 Å². The maximum Gasteiger partial charge on any atom is 0.361 e. The molecule has 1 aliphatic rings. The minimum absolute atomic E-state index is 0.0694. The molecule has 0 aromatic heterocycles. The molecule has 3 rings (SSSR count). The number of anilines is 2. The van der Waals surface area contributed by atoms with Crippen LogP contribution in [-0.2, 0) is 9.53 Å². The number of benzene rings is 2. The first-order valence-electron chi connectivity index (χ1n) is 8.06.